The molecular formula is C18H15ClFN3O2S. The molecule has 1 heterocycles. The number of anilines is 1. The number of carbonyl (C=O) groups is 2. The number of carbonyl (C=O) groups excluding carboxylic acids is 2. The van der Waals surface area contributed by atoms with Crippen LogP contribution in [-0.2, 0) is 9.59 Å². The van der Waals surface area contributed by atoms with Crippen LogP contribution in [0.25, 0.3) is 0 Å². The molecule has 5 nitrogen and oxygen atoms in total. The van der Waals surface area contributed by atoms with Crippen LogP contribution in [0.5, 0.6) is 0 Å². The van der Waals surface area contributed by atoms with E-state index in [1.165, 1.54) is 34.9 Å². The van der Waals surface area contributed by atoms with Crippen molar-refractivity contribution in [1.29, 1.82) is 0 Å². The van der Waals surface area contributed by atoms with Crippen LogP contribution >= 0.6 is 23.4 Å². The van der Waals surface area contributed by atoms with Crippen LogP contribution in [0.4, 0.5) is 15.8 Å². The van der Waals surface area contributed by atoms with Crippen molar-refractivity contribution in [3.63, 3.8) is 0 Å². The van der Waals surface area contributed by atoms with Crippen LogP contribution in [0.1, 0.15) is 6.42 Å². The lowest BCUT2D eigenvalue weighted by atomic mass is 10.2. The highest BCUT2D eigenvalue weighted by atomic mass is 35.5. The zero-order valence-electron chi connectivity index (χ0n) is 13.8. The van der Waals surface area contributed by atoms with E-state index in [0.29, 0.717) is 15.9 Å². The summed E-state index contributed by atoms with van der Waals surface area (Å²) in [6, 6.07) is 12.9. The largest absolute Gasteiger partial charge is 0.324 e. The zero-order chi connectivity index (χ0) is 18.7. The lowest BCUT2D eigenvalue weighted by Crippen LogP contribution is -2.30. The summed E-state index contributed by atoms with van der Waals surface area (Å²) in [6.07, 6.45) is -0.0796. The number of amides is 2. The summed E-state index contributed by atoms with van der Waals surface area (Å²) in [6.45, 7) is 0. The summed E-state index contributed by atoms with van der Waals surface area (Å²) in [7, 11) is 1.60. The molecule has 1 fully saturated rings. The van der Waals surface area contributed by atoms with Gasteiger partial charge in [-0.05, 0) is 24.3 Å². The number of para-hydroxylation sites is 2. The van der Waals surface area contributed by atoms with Gasteiger partial charge in [0.15, 0.2) is 5.17 Å². The van der Waals surface area contributed by atoms with Gasteiger partial charge in [0, 0.05) is 13.5 Å². The Morgan fingerprint density at radius 2 is 1.96 bits per heavy atom. The molecule has 1 aliphatic heterocycles. The van der Waals surface area contributed by atoms with Crippen LogP contribution < -0.4 is 5.32 Å². The summed E-state index contributed by atoms with van der Waals surface area (Å²) < 4.78 is 13.6. The molecule has 2 aromatic rings. The van der Waals surface area contributed by atoms with E-state index in [2.05, 4.69) is 10.3 Å². The first kappa shape index (κ1) is 18.4. The van der Waals surface area contributed by atoms with Crippen LogP contribution in [0.3, 0.4) is 0 Å². The van der Waals surface area contributed by atoms with Crippen molar-refractivity contribution in [3.8, 4) is 0 Å². The number of rotatable bonds is 4. The van der Waals surface area contributed by atoms with Gasteiger partial charge in [0.05, 0.1) is 16.4 Å². The predicted octanol–water partition coefficient (Wildman–Crippen LogP) is 4.07. The first-order valence-electron chi connectivity index (χ1n) is 7.77. The van der Waals surface area contributed by atoms with E-state index >= 15 is 0 Å². The Bertz CT molecular complexity index is 890. The molecule has 0 spiro atoms. The second-order valence-corrected chi connectivity index (χ2v) is 7.16. The minimum Gasteiger partial charge on any atom is -0.324 e. The molecule has 1 atom stereocenters. The summed E-state index contributed by atoms with van der Waals surface area (Å²) in [5.41, 5.74) is 0.638. The molecule has 0 saturated carbocycles. The number of halogens is 2. The van der Waals surface area contributed by atoms with Crippen molar-refractivity contribution in [3.05, 3.63) is 59.4 Å². The Morgan fingerprint density at radius 3 is 2.69 bits per heavy atom. The third-order valence-corrected chi connectivity index (χ3v) is 5.28. The molecule has 1 saturated heterocycles. The van der Waals surface area contributed by atoms with Crippen molar-refractivity contribution in [2.45, 2.75) is 11.7 Å². The number of aliphatic imine (C=N–C) groups is 1. The summed E-state index contributed by atoms with van der Waals surface area (Å²) >= 11 is 7.28. The van der Waals surface area contributed by atoms with E-state index in [1.807, 2.05) is 0 Å². The number of nitrogens with zero attached hydrogens (tertiary/aromatic N) is 2. The summed E-state index contributed by atoms with van der Waals surface area (Å²) in [4.78, 5) is 30.4. The highest BCUT2D eigenvalue weighted by molar-refractivity contribution is 8.15. The fourth-order valence-electron chi connectivity index (χ4n) is 2.37. The Kier molecular flexibility index (Phi) is 5.58. The molecule has 2 aromatic carbocycles. The Hall–Kier alpha value is -2.38. The first-order valence-corrected chi connectivity index (χ1v) is 9.03. The van der Waals surface area contributed by atoms with Crippen molar-refractivity contribution >= 4 is 51.7 Å². The van der Waals surface area contributed by atoms with Gasteiger partial charge in [-0.15, -0.1) is 0 Å². The second kappa shape index (κ2) is 7.88. The Balaban J connectivity index is 1.70. The Labute approximate surface area is 159 Å². The lowest BCUT2D eigenvalue weighted by Gasteiger charge is -2.09. The minimum atomic E-state index is -0.618. The lowest BCUT2D eigenvalue weighted by molar-refractivity contribution is -0.127. The number of nitrogens with one attached hydrogen (secondary N) is 1. The van der Waals surface area contributed by atoms with Crippen LogP contribution in [-0.4, -0.2) is 34.2 Å². The number of amidine groups is 1. The topological polar surface area (TPSA) is 61.8 Å². The molecule has 3 rings (SSSR count). The molecule has 0 aliphatic carbocycles. The molecule has 134 valence electrons. The maximum atomic E-state index is 13.6. The summed E-state index contributed by atoms with van der Waals surface area (Å²) in [5, 5.41) is 2.81. The molecule has 0 bridgehead atoms. The highest BCUT2D eigenvalue weighted by Gasteiger charge is 2.37. The van der Waals surface area contributed by atoms with Crippen LogP contribution in [0.2, 0.25) is 5.02 Å². The van der Waals surface area contributed by atoms with Gasteiger partial charge in [-0.3, -0.25) is 14.5 Å². The molecule has 0 unspecified atom stereocenters. The highest BCUT2D eigenvalue weighted by Crippen LogP contribution is 2.33. The molecule has 0 aromatic heterocycles. The molecule has 1 aliphatic rings. The third-order valence-electron chi connectivity index (χ3n) is 3.73. The van der Waals surface area contributed by atoms with Gasteiger partial charge in [-0.2, -0.15) is 0 Å². The van der Waals surface area contributed by atoms with E-state index in [9.17, 15) is 14.0 Å². The van der Waals surface area contributed by atoms with Gasteiger partial charge in [0.25, 0.3) is 0 Å². The summed E-state index contributed by atoms with van der Waals surface area (Å²) in [5.74, 6) is -1.19. The second-order valence-electron chi connectivity index (χ2n) is 5.58. The molecular weight excluding hydrogens is 377 g/mol. The molecule has 26 heavy (non-hydrogen) atoms. The zero-order valence-corrected chi connectivity index (χ0v) is 15.4. The normalized spacial score (nSPS) is 18.4. The van der Waals surface area contributed by atoms with Gasteiger partial charge >= 0.3 is 0 Å². The van der Waals surface area contributed by atoms with E-state index in [4.69, 9.17) is 11.6 Å². The average Bonchev–Trinajstić information content (AvgIpc) is 2.87. The molecule has 2 amide bonds. The van der Waals surface area contributed by atoms with E-state index in [1.54, 1.807) is 37.4 Å². The first-order chi connectivity index (χ1) is 12.5. The maximum Gasteiger partial charge on any atom is 0.242 e. The van der Waals surface area contributed by atoms with Gasteiger partial charge in [-0.25, -0.2) is 9.38 Å². The minimum absolute atomic E-state index is 0.0796. The number of hydrogen-bond acceptors (Lipinski definition) is 4. The number of benzene rings is 2. The fourth-order valence-corrected chi connectivity index (χ4v) is 3.70. The maximum absolute atomic E-state index is 13.6. The van der Waals surface area contributed by atoms with Crippen LogP contribution in [0.15, 0.2) is 53.5 Å². The van der Waals surface area contributed by atoms with Crippen molar-refractivity contribution in [1.82, 2.24) is 4.90 Å². The van der Waals surface area contributed by atoms with Crippen LogP contribution in [0, 0.1) is 5.82 Å². The average molecular weight is 392 g/mol. The molecule has 1 N–H and O–H groups in total. The Morgan fingerprint density at radius 1 is 1.27 bits per heavy atom. The van der Waals surface area contributed by atoms with E-state index < -0.39 is 17.0 Å². The monoisotopic (exact) mass is 391 g/mol. The quantitative estimate of drug-likeness (QED) is 0.854. The SMILES string of the molecule is CN1C(=O)[C@H](CC(=O)Nc2ccccc2F)SC1=Nc1ccccc1Cl. The number of thioether (sulfide) groups is 1. The van der Waals surface area contributed by atoms with E-state index in [0.717, 1.165) is 0 Å². The van der Waals surface area contributed by atoms with Gasteiger partial charge in [0.1, 0.15) is 11.1 Å². The predicted molar refractivity (Wildman–Crippen MR) is 102 cm³/mol. The third kappa shape index (κ3) is 4.05. The molecule has 0 radical (unpaired) electrons. The molecule has 8 heteroatoms. The van der Waals surface area contributed by atoms with Crippen molar-refractivity contribution in [2.75, 3.05) is 12.4 Å². The van der Waals surface area contributed by atoms with Crippen molar-refractivity contribution in [2.24, 2.45) is 4.99 Å². The fraction of sp³-hybridized carbons (Fsp3) is 0.167. The van der Waals surface area contributed by atoms with Gasteiger partial charge < -0.3 is 5.32 Å². The number of hydrogen-bond donors (Lipinski definition) is 1. The van der Waals surface area contributed by atoms with Gasteiger partial charge in [0.2, 0.25) is 11.8 Å². The smallest absolute Gasteiger partial charge is 0.242 e. The van der Waals surface area contributed by atoms with E-state index in [-0.39, 0.29) is 18.0 Å². The standard InChI is InChI=1S/C18H15ClFN3O2S/c1-23-17(25)15(10-16(24)21-14-9-5-3-7-12(14)20)26-18(23)22-13-8-4-2-6-11(13)19/h2-9,15H,10H2,1H3,(H,21,24)/t15-/m0/s1. The van der Waals surface area contributed by atoms with Gasteiger partial charge in [-0.1, -0.05) is 47.6 Å². The van der Waals surface area contributed by atoms with Crippen molar-refractivity contribution < 1.29 is 14.0 Å².